The van der Waals surface area contributed by atoms with Crippen molar-refractivity contribution in [1.29, 1.82) is 0 Å². The second kappa shape index (κ2) is 13.0. The molecule has 0 spiro atoms. The molecule has 0 bridgehead atoms. The Kier molecular flexibility index (Phi) is 9.22. The quantitative estimate of drug-likeness (QED) is 0.140. The van der Waals surface area contributed by atoms with Crippen LogP contribution in [0.25, 0.3) is 0 Å². The molecule has 0 radical (unpaired) electrons. The molecule has 10 heteroatoms. The molecule has 2 aromatic rings. The molecule has 0 saturated heterocycles. The monoisotopic (exact) mass is 739 g/mol. The summed E-state index contributed by atoms with van der Waals surface area (Å²) >= 11 is 5.92. The zero-order chi connectivity index (χ0) is 38.3. The van der Waals surface area contributed by atoms with Crippen molar-refractivity contribution in [3.63, 3.8) is 0 Å². The number of hydrazone groups is 1. The van der Waals surface area contributed by atoms with Crippen LogP contribution < -0.4 is 10.3 Å². The van der Waals surface area contributed by atoms with Gasteiger partial charge < -0.3 is 5.32 Å². The minimum absolute atomic E-state index is 0.0831. The molecular weight excluding hydrogens is 683 g/mol. The van der Waals surface area contributed by atoms with Crippen molar-refractivity contribution in [2.75, 3.05) is 10.3 Å². The Bertz CT molecular complexity index is 1900. The summed E-state index contributed by atoms with van der Waals surface area (Å²) in [5.41, 5.74) is 3.29. The number of benzene rings is 2. The zero-order valence-electron chi connectivity index (χ0n) is 32.8. The minimum Gasteiger partial charge on any atom is -0.331 e. The number of thiocarbonyl (C=S) groups is 1. The van der Waals surface area contributed by atoms with Crippen molar-refractivity contribution in [3.05, 3.63) is 80.4 Å². The van der Waals surface area contributed by atoms with Crippen molar-refractivity contribution < 1.29 is 9.85 Å². The summed E-state index contributed by atoms with van der Waals surface area (Å²) in [7, 11) is 0. The van der Waals surface area contributed by atoms with Crippen LogP contribution >= 0.6 is 12.2 Å². The molecule has 0 heterocycles. The van der Waals surface area contributed by atoms with Gasteiger partial charge in [0.25, 0.3) is 5.69 Å². The van der Waals surface area contributed by atoms with E-state index in [1.54, 1.807) is 5.57 Å². The van der Waals surface area contributed by atoms with E-state index >= 15 is 0 Å². The molecule has 53 heavy (non-hydrogen) atoms. The van der Waals surface area contributed by atoms with Gasteiger partial charge in [0.2, 0.25) is 0 Å². The number of nitro benzene ring substituents is 2. The van der Waals surface area contributed by atoms with Crippen molar-refractivity contribution >= 4 is 45.8 Å². The number of para-hydroxylation sites is 1. The number of anilines is 2. The Labute approximate surface area is 320 Å². The smallest absolute Gasteiger partial charge is 0.301 e. The van der Waals surface area contributed by atoms with Gasteiger partial charge in [-0.2, -0.15) is 5.10 Å². The lowest BCUT2D eigenvalue weighted by molar-refractivity contribution is -0.393. The van der Waals surface area contributed by atoms with Crippen LogP contribution in [0.3, 0.4) is 0 Å². The Morgan fingerprint density at radius 1 is 0.887 bits per heavy atom. The highest BCUT2D eigenvalue weighted by Gasteiger charge is 2.68. The van der Waals surface area contributed by atoms with Crippen LogP contribution in [0.2, 0.25) is 0 Å². The van der Waals surface area contributed by atoms with Crippen LogP contribution in [0.5, 0.6) is 0 Å². The number of non-ortho nitro benzene ring substituents is 1. The van der Waals surface area contributed by atoms with Gasteiger partial charge in [0.05, 0.1) is 15.9 Å². The third-order valence-corrected chi connectivity index (χ3v) is 16.5. The first kappa shape index (κ1) is 37.6. The maximum absolute atomic E-state index is 12.4. The highest BCUT2D eigenvalue weighted by Crippen LogP contribution is 2.75. The predicted octanol–water partition coefficient (Wildman–Crippen LogP) is 11.7. The van der Waals surface area contributed by atoms with E-state index in [1.165, 1.54) is 49.2 Å². The molecule has 0 amide bonds. The Balaban J connectivity index is 1.26. The topological polar surface area (TPSA) is 114 Å². The lowest BCUT2D eigenvalue weighted by Gasteiger charge is -2.71. The summed E-state index contributed by atoms with van der Waals surface area (Å²) in [4.78, 5) is 22.8. The first-order valence-electron chi connectivity index (χ1n) is 19.7. The normalized spacial score (nSPS) is 37.9. The van der Waals surface area contributed by atoms with Gasteiger partial charge in [0.15, 0.2) is 5.11 Å². The predicted molar refractivity (Wildman–Crippen MR) is 217 cm³/mol. The van der Waals surface area contributed by atoms with Crippen LogP contribution in [0.1, 0.15) is 113 Å². The molecule has 4 saturated carbocycles. The van der Waals surface area contributed by atoms with Gasteiger partial charge in [-0.15, -0.1) is 0 Å². The van der Waals surface area contributed by atoms with Crippen LogP contribution in [0.4, 0.5) is 22.7 Å². The molecule has 0 unspecified atom stereocenters. The van der Waals surface area contributed by atoms with Gasteiger partial charge in [-0.3, -0.25) is 20.2 Å². The number of nitrogens with one attached hydrogen (secondary N) is 1. The first-order valence-corrected chi connectivity index (χ1v) is 20.2. The van der Waals surface area contributed by atoms with Gasteiger partial charge >= 0.3 is 5.69 Å². The molecule has 9 nitrogen and oxygen atoms in total. The molecule has 7 rings (SSSR count). The van der Waals surface area contributed by atoms with Gasteiger partial charge in [-0.25, -0.2) is 5.01 Å². The maximum Gasteiger partial charge on any atom is 0.301 e. The van der Waals surface area contributed by atoms with Crippen molar-refractivity contribution in [2.45, 2.75) is 113 Å². The number of hydrogen-bond donors (Lipinski definition) is 1. The van der Waals surface area contributed by atoms with E-state index in [-0.39, 0.29) is 38.1 Å². The van der Waals surface area contributed by atoms with Gasteiger partial charge in [-0.05, 0) is 139 Å². The minimum atomic E-state index is -0.624. The van der Waals surface area contributed by atoms with Crippen molar-refractivity contribution in [3.8, 4) is 0 Å². The zero-order valence-corrected chi connectivity index (χ0v) is 33.6. The molecule has 5 aliphatic rings. The van der Waals surface area contributed by atoms with Gasteiger partial charge in [-0.1, -0.05) is 85.2 Å². The largest absolute Gasteiger partial charge is 0.331 e. The maximum atomic E-state index is 12.4. The van der Waals surface area contributed by atoms with Gasteiger partial charge in [0, 0.05) is 22.9 Å². The molecule has 284 valence electrons. The molecule has 2 aromatic carbocycles. The number of hydrogen-bond acceptors (Lipinski definition) is 6. The number of nitrogens with zero attached hydrogens (tertiary/aromatic N) is 4. The summed E-state index contributed by atoms with van der Waals surface area (Å²) in [6, 6.07) is 13.0. The SMILES string of the molecule is C[C@H]1[C@H](C)CC[C@]2(C)CC[C@]3(C)C(=CC[C@@H]4[C@@]5(C)CC/C(=N\N(C(=S)Nc6ccccc6)c6ccc([N+](=O)[O-])cc6[N+](=O)[O-])C(C)(C)[C@@H]5CC[C@]43C)[C@H]12. The van der Waals surface area contributed by atoms with E-state index in [2.05, 4.69) is 66.8 Å². The van der Waals surface area contributed by atoms with Gasteiger partial charge in [0.1, 0.15) is 5.69 Å². The van der Waals surface area contributed by atoms with Crippen LogP contribution in [-0.2, 0) is 0 Å². The summed E-state index contributed by atoms with van der Waals surface area (Å²) in [5.74, 6) is 3.02. The van der Waals surface area contributed by atoms with E-state index in [1.807, 2.05) is 30.3 Å². The third-order valence-electron chi connectivity index (χ3n) is 16.2. The standard InChI is InChI=1S/C43H57N5O4S/c1-27-18-21-40(5)24-25-42(7)31(37(40)28(27)2)15-17-35-41(6)22-20-36(39(3,4)34(41)19-23-43(35,42)8)45-46(38(53)44-29-12-10-9-11-13-29)32-16-14-30(47(49)50)26-33(32)48(51)52/h9-16,26-28,34-35,37H,17-25H2,1-8H3,(H,44,53)/b45-36+/t27-,28+,34+,35-,37+,40-,41+,42-,43-/m1/s1. The fourth-order valence-electron chi connectivity index (χ4n) is 12.8. The fraction of sp³-hybridized carbons (Fsp3) is 0.628. The van der Waals surface area contributed by atoms with Crippen molar-refractivity contribution in [1.82, 2.24) is 0 Å². The lowest BCUT2D eigenvalue weighted by atomic mass is 9.33. The second-order valence-electron chi connectivity index (χ2n) is 18.9. The van der Waals surface area contributed by atoms with Crippen LogP contribution in [0, 0.1) is 76.9 Å². The van der Waals surface area contributed by atoms with E-state index in [0.717, 1.165) is 43.4 Å². The average molecular weight is 740 g/mol. The van der Waals surface area contributed by atoms with E-state index < -0.39 is 15.5 Å². The van der Waals surface area contributed by atoms with Crippen molar-refractivity contribution in [2.24, 2.45) is 61.8 Å². The molecule has 0 aromatic heterocycles. The number of allylic oxidation sites excluding steroid dienone is 2. The number of fused-ring (bicyclic) bond motifs is 7. The molecule has 9 atom stereocenters. The highest BCUT2D eigenvalue weighted by atomic mass is 32.1. The van der Waals surface area contributed by atoms with E-state index in [4.69, 9.17) is 17.3 Å². The fourth-order valence-corrected chi connectivity index (χ4v) is 13.1. The average Bonchev–Trinajstić information content (AvgIpc) is 3.10. The summed E-state index contributed by atoms with van der Waals surface area (Å²) in [6.07, 6.45) is 13.1. The molecule has 1 N–H and O–H groups in total. The summed E-state index contributed by atoms with van der Waals surface area (Å²) in [6.45, 7) is 20.0. The molecule has 5 aliphatic carbocycles. The van der Waals surface area contributed by atoms with Crippen LogP contribution in [-0.4, -0.2) is 20.7 Å². The molecule has 4 fully saturated rings. The summed E-state index contributed by atoms with van der Waals surface area (Å²) < 4.78 is 0. The Hall–Kier alpha value is -3.66. The number of rotatable bonds is 5. The molecule has 0 aliphatic heterocycles. The van der Waals surface area contributed by atoms with E-state index in [0.29, 0.717) is 34.8 Å². The second-order valence-corrected chi connectivity index (χ2v) is 19.3. The lowest BCUT2D eigenvalue weighted by Crippen LogP contribution is -2.64. The Morgan fingerprint density at radius 3 is 2.28 bits per heavy atom. The highest BCUT2D eigenvalue weighted by molar-refractivity contribution is 7.80. The third kappa shape index (κ3) is 5.75. The first-order chi connectivity index (χ1) is 24.9. The summed E-state index contributed by atoms with van der Waals surface area (Å²) in [5, 5.41) is 34.0. The Morgan fingerprint density at radius 2 is 1.60 bits per heavy atom. The molecular formula is C43H57N5O4S. The van der Waals surface area contributed by atoms with Crippen LogP contribution in [0.15, 0.2) is 65.3 Å². The number of nitro groups is 2. The van der Waals surface area contributed by atoms with E-state index in [9.17, 15) is 20.2 Å².